The van der Waals surface area contributed by atoms with Gasteiger partial charge in [-0.05, 0) is 47.9 Å². The van der Waals surface area contributed by atoms with Gasteiger partial charge in [0.2, 0.25) is 0 Å². The smallest absolute Gasteiger partial charge is 0.193 e. The lowest BCUT2D eigenvalue weighted by molar-refractivity contribution is 0.414. The minimum absolute atomic E-state index is 0. The predicted molar refractivity (Wildman–Crippen MR) is 126 cm³/mol. The van der Waals surface area contributed by atoms with Crippen LogP contribution < -0.4 is 10.1 Å². The van der Waals surface area contributed by atoms with Crippen LogP contribution in [0, 0.1) is 5.92 Å². The van der Waals surface area contributed by atoms with E-state index in [1.807, 2.05) is 18.4 Å². The van der Waals surface area contributed by atoms with Crippen molar-refractivity contribution < 1.29 is 4.74 Å². The molecule has 0 aliphatic carbocycles. The zero-order valence-electron chi connectivity index (χ0n) is 16.4. The Morgan fingerprint density at radius 2 is 2.11 bits per heavy atom. The molecule has 1 aromatic carbocycles. The number of aliphatic imine (C=N–C) groups is 1. The van der Waals surface area contributed by atoms with Crippen molar-refractivity contribution in [2.24, 2.45) is 10.9 Å². The Hall–Kier alpha value is -1.28. The van der Waals surface area contributed by atoms with E-state index >= 15 is 0 Å². The molecule has 4 nitrogen and oxygen atoms in total. The number of rotatable bonds is 6. The third-order valence-electron chi connectivity index (χ3n) is 5.03. The van der Waals surface area contributed by atoms with Crippen molar-refractivity contribution in [1.29, 1.82) is 0 Å². The number of nitrogens with zero attached hydrogens (tertiary/aromatic N) is 2. The summed E-state index contributed by atoms with van der Waals surface area (Å²) >= 11 is 1.84. The first-order chi connectivity index (χ1) is 12.7. The van der Waals surface area contributed by atoms with Gasteiger partial charge in [0.05, 0.1) is 7.11 Å². The lowest BCUT2D eigenvalue weighted by Gasteiger charge is -2.23. The van der Waals surface area contributed by atoms with Crippen LogP contribution in [-0.2, 0) is 6.42 Å². The normalized spacial score (nSPS) is 18.1. The Morgan fingerprint density at radius 1 is 1.33 bits per heavy atom. The molecule has 0 saturated carbocycles. The minimum atomic E-state index is 0. The summed E-state index contributed by atoms with van der Waals surface area (Å²) in [5.74, 6) is 3.09. The van der Waals surface area contributed by atoms with Crippen LogP contribution in [0.2, 0.25) is 0 Å². The summed E-state index contributed by atoms with van der Waals surface area (Å²) < 4.78 is 5.26. The molecule has 27 heavy (non-hydrogen) atoms. The Balaban J connectivity index is 0.00000261. The number of thiophene rings is 1. The highest BCUT2D eigenvalue weighted by Gasteiger charge is 2.26. The van der Waals surface area contributed by atoms with Crippen LogP contribution in [0.1, 0.15) is 29.7 Å². The van der Waals surface area contributed by atoms with Gasteiger partial charge in [0.1, 0.15) is 5.75 Å². The predicted octanol–water partition coefficient (Wildman–Crippen LogP) is 4.62. The van der Waals surface area contributed by atoms with E-state index in [0.717, 1.165) is 44.2 Å². The quantitative estimate of drug-likeness (QED) is 0.358. The summed E-state index contributed by atoms with van der Waals surface area (Å²) in [4.78, 5) is 8.34. The third kappa shape index (κ3) is 6.10. The number of nitrogens with one attached hydrogen (secondary N) is 1. The van der Waals surface area contributed by atoms with E-state index < -0.39 is 0 Å². The Bertz CT molecular complexity index is 703. The molecule has 2 aromatic rings. The van der Waals surface area contributed by atoms with Gasteiger partial charge in [-0.3, -0.25) is 4.99 Å². The van der Waals surface area contributed by atoms with Gasteiger partial charge >= 0.3 is 0 Å². The molecule has 1 aliphatic rings. The fourth-order valence-electron chi connectivity index (χ4n) is 3.54. The maximum absolute atomic E-state index is 5.26. The number of hydrogen-bond donors (Lipinski definition) is 1. The van der Waals surface area contributed by atoms with Crippen LogP contribution in [-0.4, -0.2) is 44.7 Å². The zero-order valence-corrected chi connectivity index (χ0v) is 19.5. The van der Waals surface area contributed by atoms with Crippen molar-refractivity contribution in [1.82, 2.24) is 10.2 Å². The average molecular weight is 499 g/mol. The third-order valence-corrected chi connectivity index (χ3v) is 5.92. The fourth-order valence-corrected chi connectivity index (χ4v) is 4.41. The van der Waals surface area contributed by atoms with Crippen molar-refractivity contribution in [3.63, 3.8) is 0 Å². The maximum atomic E-state index is 5.26. The second kappa shape index (κ2) is 10.9. The van der Waals surface area contributed by atoms with Crippen LogP contribution >= 0.6 is 35.3 Å². The largest absolute Gasteiger partial charge is 0.497 e. The summed E-state index contributed by atoms with van der Waals surface area (Å²) in [5.41, 5.74) is 1.38. The lowest BCUT2D eigenvalue weighted by atomic mass is 9.98. The molecule has 0 amide bonds. The van der Waals surface area contributed by atoms with Crippen LogP contribution in [0.15, 0.2) is 46.8 Å². The summed E-state index contributed by atoms with van der Waals surface area (Å²) in [6.07, 6.45) is 2.29. The van der Waals surface area contributed by atoms with Gasteiger partial charge in [0.25, 0.3) is 0 Å². The topological polar surface area (TPSA) is 36.9 Å². The molecule has 2 unspecified atom stereocenters. The minimum Gasteiger partial charge on any atom is -0.497 e. The zero-order chi connectivity index (χ0) is 18.4. The summed E-state index contributed by atoms with van der Waals surface area (Å²) in [5, 5.41) is 5.73. The van der Waals surface area contributed by atoms with Crippen LogP contribution in [0.5, 0.6) is 5.75 Å². The van der Waals surface area contributed by atoms with Crippen molar-refractivity contribution in [3.05, 3.63) is 52.2 Å². The monoisotopic (exact) mass is 499 g/mol. The number of methoxy groups -OCH3 is 1. The van der Waals surface area contributed by atoms with Gasteiger partial charge in [-0.15, -0.1) is 35.3 Å². The highest BCUT2D eigenvalue weighted by molar-refractivity contribution is 14.0. The Morgan fingerprint density at radius 3 is 2.74 bits per heavy atom. The van der Waals surface area contributed by atoms with Crippen LogP contribution in [0.4, 0.5) is 0 Å². The molecule has 0 spiro atoms. The van der Waals surface area contributed by atoms with Gasteiger partial charge in [0, 0.05) is 37.5 Å². The van der Waals surface area contributed by atoms with Crippen LogP contribution in [0.3, 0.4) is 0 Å². The molecule has 1 aromatic heterocycles. The Labute approximate surface area is 184 Å². The molecule has 2 heterocycles. The number of guanidine groups is 1. The van der Waals surface area contributed by atoms with E-state index in [0.29, 0.717) is 11.8 Å². The number of halogens is 1. The standard InChI is InChI=1S/C21H29N3OS.HI/c1-16(13-20-5-4-12-26-20)14-23-21(22-2)24-11-10-18(15-24)17-6-8-19(25-3)9-7-17;/h4-9,12,16,18H,10-11,13-15H2,1-3H3,(H,22,23);1H. The van der Waals surface area contributed by atoms with Gasteiger partial charge in [-0.25, -0.2) is 0 Å². The van der Waals surface area contributed by atoms with Gasteiger partial charge in [-0.1, -0.05) is 25.1 Å². The van der Waals surface area contributed by atoms with Crippen molar-refractivity contribution in [2.75, 3.05) is 33.8 Å². The lowest BCUT2D eigenvalue weighted by Crippen LogP contribution is -2.41. The van der Waals surface area contributed by atoms with Crippen LogP contribution in [0.25, 0.3) is 0 Å². The fraction of sp³-hybridized carbons (Fsp3) is 0.476. The highest BCUT2D eigenvalue weighted by atomic mass is 127. The molecule has 1 saturated heterocycles. The second-order valence-electron chi connectivity index (χ2n) is 7.02. The molecule has 1 N–H and O–H groups in total. The highest BCUT2D eigenvalue weighted by Crippen LogP contribution is 2.28. The summed E-state index contributed by atoms with van der Waals surface area (Å²) in [6.45, 7) is 5.32. The number of ether oxygens (including phenoxy) is 1. The van der Waals surface area contributed by atoms with Crippen molar-refractivity contribution in [2.45, 2.75) is 25.7 Å². The van der Waals surface area contributed by atoms with E-state index in [-0.39, 0.29) is 24.0 Å². The molecule has 0 radical (unpaired) electrons. The number of benzene rings is 1. The van der Waals surface area contributed by atoms with Crippen molar-refractivity contribution in [3.8, 4) is 5.75 Å². The van der Waals surface area contributed by atoms with E-state index in [1.54, 1.807) is 7.11 Å². The van der Waals surface area contributed by atoms with E-state index in [4.69, 9.17) is 4.74 Å². The molecule has 3 rings (SSSR count). The Kier molecular flexibility index (Phi) is 8.89. The van der Waals surface area contributed by atoms with Crippen molar-refractivity contribution >= 4 is 41.3 Å². The molecule has 6 heteroatoms. The first kappa shape index (κ1) is 22.0. The summed E-state index contributed by atoms with van der Waals surface area (Å²) in [6, 6.07) is 12.8. The molecular weight excluding hydrogens is 469 g/mol. The van der Waals surface area contributed by atoms with Gasteiger partial charge in [0.15, 0.2) is 5.96 Å². The molecule has 2 atom stereocenters. The maximum Gasteiger partial charge on any atom is 0.193 e. The van der Waals surface area contributed by atoms with Gasteiger partial charge in [-0.2, -0.15) is 0 Å². The van der Waals surface area contributed by atoms with E-state index in [2.05, 4.69) is 63.9 Å². The first-order valence-corrected chi connectivity index (χ1v) is 10.2. The molecular formula is C21H30IN3OS. The SMILES string of the molecule is CN=C(NCC(C)Cc1cccs1)N1CCC(c2ccc(OC)cc2)C1.I. The molecule has 1 aliphatic heterocycles. The number of hydrogen-bond acceptors (Lipinski definition) is 3. The van der Waals surface area contributed by atoms with E-state index in [1.165, 1.54) is 10.4 Å². The van der Waals surface area contributed by atoms with E-state index in [9.17, 15) is 0 Å². The second-order valence-corrected chi connectivity index (χ2v) is 8.05. The summed E-state index contributed by atoms with van der Waals surface area (Å²) in [7, 11) is 3.59. The molecule has 148 valence electrons. The number of likely N-dealkylation sites (tertiary alicyclic amines) is 1. The average Bonchev–Trinajstić information content (AvgIpc) is 3.35. The molecule has 1 fully saturated rings. The van der Waals surface area contributed by atoms with Gasteiger partial charge < -0.3 is 15.0 Å². The molecule has 0 bridgehead atoms. The first-order valence-electron chi connectivity index (χ1n) is 9.31.